The molecule has 0 spiro atoms. The summed E-state index contributed by atoms with van der Waals surface area (Å²) in [6, 6.07) is 1.12. The summed E-state index contributed by atoms with van der Waals surface area (Å²) in [5.41, 5.74) is 0. The Labute approximate surface area is 104 Å². The fourth-order valence-electron chi connectivity index (χ4n) is 1.85. The summed E-state index contributed by atoms with van der Waals surface area (Å²) in [6.07, 6.45) is 6.68. The van der Waals surface area contributed by atoms with Gasteiger partial charge in [-0.15, -0.1) is 0 Å². The molecule has 17 heavy (non-hydrogen) atoms. The fourth-order valence-corrected chi connectivity index (χ4v) is 1.85. The summed E-state index contributed by atoms with van der Waals surface area (Å²) in [7, 11) is 0. The number of rotatable bonds is 5. The molecule has 1 aliphatic rings. The number of hydrogen-bond donors (Lipinski definition) is 1. The first kappa shape index (κ1) is 16.1. The largest absolute Gasteiger partial charge is 0.465 e. The first-order chi connectivity index (χ1) is 8.13. The van der Waals surface area contributed by atoms with Crippen LogP contribution in [0.25, 0.3) is 0 Å². The maximum absolute atomic E-state index is 10.2. The SMILES string of the molecule is CC(C)OC=O.CCC1CCCC(CC=O)N1. The number of nitrogens with one attached hydrogen (secondary N) is 1. The zero-order valence-corrected chi connectivity index (χ0v) is 11.1. The van der Waals surface area contributed by atoms with Crippen LogP contribution in [0.1, 0.15) is 52.9 Å². The van der Waals surface area contributed by atoms with E-state index in [1.807, 2.05) is 0 Å². The molecule has 0 bridgehead atoms. The highest BCUT2D eigenvalue weighted by molar-refractivity contribution is 5.50. The third-order valence-electron chi connectivity index (χ3n) is 2.78. The van der Waals surface area contributed by atoms with Gasteiger partial charge in [-0.2, -0.15) is 0 Å². The first-order valence-corrected chi connectivity index (χ1v) is 6.42. The number of hydrogen-bond acceptors (Lipinski definition) is 4. The van der Waals surface area contributed by atoms with Gasteiger partial charge in [-0.1, -0.05) is 13.3 Å². The number of piperidine rings is 1. The minimum atomic E-state index is 0.0301. The molecule has 0 saturated carbocycles. The van der Waals surface area contributed by atoms with Crippen molar-refractivity contribution in [3.05, 3.63) is 0 Å². The van der Waals surface area contributed by atoms with E-state index in [0.717, 1.165) is 6.29 Å². The summed E-state index contributed by atoms with van der Waals surface area (Å²) in [4.78, 5) is 19.6. The second-order valence-electron chi connectivity index (χ2n) is 4.58. The standard InChI is InChI=1S/C9H17NO.C4H8O2/c1-2-8-4-3-5-9(10-8)6-7-11;1-4(2)6-3-5/h7-10H,2-6H2,1H3;3-4H,1-2H3. The predicted octanol–water partition coefficient (Wildman–Crippen LogP) is 2.06. The maximum atomic E-state index is 10.2. The highest BCUT2D eigenvalue weighted by Gasteiger charge is 2.18. The van der Waals surface area contributed by atoms with Crippen molar-refractivity contribution in [3.63, 3.8) is 0 Å². The molecule has 1 fully saturated rings. The molecule has 0 aliphatic carbocycles. The molecular formula is C13H25NO3. The summed E-state index contributed by atoms with van der Waals surface area (Å²) < 4.78 is 4.36. The highest BCUT2D eigenvalue weighted by atomic mass is 16.5. The van der Waals surface area contributed by atoms with Gasteiger partial charge in [0.05, 0.1) is 6.10 Å². The van der Waals surface area contributed by atoms with E-state index in [2.05, 4.69) is 17.0 Å². The summed E-state index contributed by atoms with van der Waals surface area (Å²) in [5.74, 6) is 0. The van der Waals surface area contributed by atoms with E-state index in [1.165, 1.54) is 25.7 Å². The van der Waals surface area contributed by atoms with Crippen LogP contribution in [0.3, 0.4) is 0 Å². The topological polar surface area (TPSA) is 55.4 Å². The van der Waals surface area contributed by atoms with Gasteiger partial charge in [0.2, 0.25) is 0 Å². The lowest BCUT2D eigenvalue weighted by molar-refractivity contribution is -0.131. The van der Waals surface area contributed by atoms with Gasteiger partial charge in [0, 0.05) is 18.5 Å². The summed E-state index contributed by atoms with van der Waals surface area (Å²) in [5, 5.41) is 3.47. The van der Waals surface area contributed by atoms with E-state index in [1.54, 1.807) is 13.8 Å². The summed E-state index contributed by atoms with van der Waals surface area (Å²) >= 11 is 0. The lowest BCUT2D eigenvalue weighted by atomic mass is 9.96. The van der Waals surface area contributed by atoms with Crippen LogP contribution in [0.4, 0.5) is 0 Å². The van der Waals surface area contributed by atoms with E-state index >= 15 is 0 Å². The number of aldehydes is 1. The van der Waals surface area contributed by atoms with Crippen molar-refractivity contribution in [2.75, 3.05) is 0 Å². The lowest BCUT2D eigenvalue weighted by Crippen LogP contribution is -2.41. The number of carbonyl (C=O) groups excluding carboxylic acids is 2. The monoisotopic (exact) mass is 243 g/mol. The van der Waals surface area contributed by atoms with E-state index in [-0.39, 0.29) is 6.10 Å². The maximum Gasteiger partial charge on any atom is 0.293 e. The molecule has 0 aromatic rings. The van der Waals surface area contributed by atoms with Gasteiger partial charge in [-0.05, 0) is 33.1 Å². The van der Waals surface area contributed by atoms with Crippen LogP contribution in [0.2, 0.25) is 0 Å². The molecule has 4 heteroatoms. The van der Waals surface area contributed by atoms with Gasteiger partial charge < -0.3 is 14.8 Å². The second-order valence-corrected chi connectivity index (χ2v) is 4.58. The van der Waals surface area contributed by atoms with Crippen LogP contribution in [0, 0.1) is 0 Å². The van der Waals surface area contributed by atoms with Crippen molar-refractivity contribution < 1.29 is 14.3 Å². The van der Waals surface area contributed by atoms with Gasteiger partial charge in [0.25, 0.3) is 6.47 Å². The molecule has 1 aliphatic heterocycles. The van der Waals surface area contributed by atoms with Crippen LogP contribution in [-0.4, -0.2) is 30.9 Å². The van der Waals surface area contributed by atoms with Gasteiger partial charge in [0.15, 0.2) is 0 Å². The Morgan fingerprint density at radius 3 is 2.35 bits per heavy atom. The molecule has 1 saturated heterocycles. The van der Waals surface area contributed by atoms with E-state index in [4.69, 9.17) is 0 Å². The molecule has 0 aromatic carbocycles. The summed E-state index contributed by atoms with van der Waals surface area (Å²) in [6.45, 7) is 6.24. The van der Waals surface area contributed by atoms with Crippen LogP contribution < -0.4 is 5.32 Å². The van der Waals surface area contributed by atoms with Crippen molar-refractivity contribution in [2.24, 2.45) is 0 Å². The molecule has 4 nitrogen and oxygen atoms in total. The van der Waals surface area contributed by atoms with Gasteiger partial charge in [-0.25, -0.2) is 0 Å². The smallest absolute Gasteiger partial charge is 0.293 e. The quantitative estimate of drug-likeness (QED) is 0.751. The fraction of sp³-hybridized carbons (Fsp3) is 0.846. The minimum absolute atomic E-state index is 0.0301. The van der Waals surface area contributed by atoms with Crippen LogP contribution >= 0.6 is 0 Å². The van der Waals surface area contributed by atoms with Gasteiger partial charge in [-0.3, -0.25) is 4.79 Å². The molecule has 1 rings (SSSR count). The number of ether oxygens (including phenoxy) is 1. The Bertz CT molecular complexity index is 207. The van der Waals surface area contributed by atoms with Crippen molar-refractivity contribution >= 4 is 12.8 Å². The molecule has 2 unspecified atom stereocenters. The molecule has 100 valence electrons. The molecule has 1 heterocycles. The van der Waals surface area contributed by atoms with E-state index in [0.29, 0.717) is 25.0 Å². The van der Waals surface area contributed by atoms with Crippen molar-refractivity contribution in [1.82, 2.24) is 5.32 Å². The zero-order chi connectivity index (χ0) is 13.1. The Morgan fingerprint density at radius 2 is 1.94 bits per heavy atom. The van der Waals surface area contributed by atoms with Crippen LogP contribution in [0.5, 0.6) is 0 Å². The Balaban J connectivity index is 0.000000366. The molecule has 2 atom stereocenters. The third-order valence-corrected chi connectivity index (χ3v) is 2.78. The van der Waals surface area contributed by atoms with Gasteiger partial charge >= 0.3 is 0 Å². The lowest BCUT2D eigenvalue weighted by Gasteiger charge is -2.29. The molecule has 0 amide bonds. The molecular weight excluding hydrogens is 218 g/mol. The normalized spacial score (nSPS) is 23.5. The van der Waals surface area contributed by atoms with Crippen LogP contribution in [-0.2, 0) is 14.3 Å². The van der Waals surface area contributed by atoms with Crippen molar-refractivity contribution in [1.29, 1.82) is 0 Å². The van der Waals surface area contributed by atoms with Crippen LogP contribution in [0.15, 0.2) is 0 Å². The van der Waals surface area contributed by atoms with E-state index < -0.39 is 0 Å². The van der Waals surface area contributed by atoms with Crippen molar-refractivity contribution in [2.45, 2.75) is 71.1 Å². The average molecular weight is 243 g/mol. The average Bonchev–Trinajstić information content (AvgIpc) is 2.30. The highest BCUT2D eigenvalue weighted by Crippen LogP contribution is 2.15. The molecule has 0 radical (unpaired) electrons. The Hall–Kier alpha value is -0.900. The van der Waals surface area contributed by atoms with Gasteiger partial charge in [0.1, 0.15) is 6.29 Å². The zero-order valence-electron chi connectivity index (χ0n) is 11.1. The number of carbonyl (C=O) groups is 2. The third kappa shape index (κ3) is 8.86. The van der Waals surface area contributed by atoms with E-state index in [9.17, 15) is 9.59 Å². The first-order valence-electron chi connectivity index (χ1n) is 6.42. The van der Waals surface area contributed by atoms with Crippen molar-refractivity contribution in [3.8, 4) is 0 Å². The predicted molar refractivity (Wildman–Crippen MR) is 67.8 cm³/mol. The second kappa shape index (κ2) is 10.3. The molecule has 0 aromatic heterocycles. The Kier molecular flexibility index (Phi) is 9.72. The Morgan fingerprint density at radius 1 is 1.29 bits per heavy atom. The minimum Gasteiger partial charge on any atom is -0.465 e. The molecule has 1 N–H and O–H groups in total.